The van der Waals surface area contributed by atoms with Gasteiger partial charge in [0, 0.05) is 11.6 Å². The van der Waals surface area contributed by atoms with Crippen LogP contribution in [-0.4, -0.2) is 9.97 Å². The number of hydrogen-bond donors (Lipinski definition) is 1. The molecule has 0 saturated heterocycles. The Morgan fingerprint density at radius 3 is 2.82 bits per heavy atom. The first-order valence-electron chi connectivity index (χ1n) is 3.80. The Kier molecular flexibility index (Phi) is 1.16. The molecule has 58 valence electrons. The second-order valence-electron chi connectivity index (χ2n) is 3.37. The number of hydrogen-bond acceptors (Lipinski definition) is 3. The van der Waals surface area contributed by atoms with Crippen molar-refractivity contribution in [1.29, 1.82) is 0 Å². The maximum atomic E-state index is 5.53. The van der Waals surface area contributed by atoms with E-state index in [1.807, 2.05) is 0 Å². The van der Waals surface area contributed by atoms with Crippen LogP contribution >= 0.6 is 0 Å². The number of nitrogens with two attached hydrogens (primary N) is 1. The lowest BCUT2D eigenvalue weighted by molar-refractivity contribution is 0.710. The zero-order valence-electron chi connectivity index (χ0n) is 6.54. The molecule has 1 aromatic rings. The predicted molar refractivity (Wildman–Crippen MR) is 43.0 cm³/mol. The van der Waals surface area contributed by atoms with E-state index in [4.69, 9.17) is 5.73 Å². The van der Waals surface area contributed by atoms with Gasteiger partial charge < -0.3 is 5.73 Å². The van der Waals surface area contributed by atoms with E-state index in [0.717, 1.165) is 5.82 Å². The Balaban J connectivity index is 2.38. The zero-order valence-corrected chi connectivity index (χ0v) is 6.54. The lowest BCUT2D eigenvalue weighted by Crippen LogP contribution is -2.07. The van der Waals surface area contributed by atoms with Crippen LogP contribution in [0.5, 0.6) is 0 Å². The zero-order chi connectivity index (χ0) is 7.90. The van der Waals surface area contributed by atoms with E-state index in [1.165, 1.54) is 12.8 Å². The van der Waals surface area contributed by atoms with Gasteiger partial charge in [-0.2, -0.15) is 0 Å². The molecule has 0 amide bonds. The molecule has 1 aliphatic carbocycles. The predicted octanol–water partition coefficient (Wildman–Crippen LogP) is 1.11. The van der Waals surface area contributed by atoms with Gasteiger partial charge in [-0.25, -0.2) is 9.97 Å². The smallest absolute Gasteiger partial charge is 0.136 e. The molecule has 0 radical (unpaired) electrons. The van der Waals surface area contributed by atoms with Crippen molar-refractivity contribution in [3.63, 3.8) is 0 Å². The number of nitrogens with zero attached hydrogens (tertiary/aromatic N) is 2. The van der Waals surface area contributed by atoms with Crippen LogP contribution in [0.4, 0.5) is 5.82 Å². The highest BCUT2D eigenvalue weighted by molar-refractivity contribution is 5.28. The lowest BCUT2D eigenvalue weighted by Gasteiger charge is -2.05. The van der Waals surface area contributed by atoms with Gasteiger partial charge >= 0.3 is 0 Å². The van der Waals surface area contributed by atoms with Crippen molar-refractivity contribution in [2.24, 2.45) is 0 Å². The van der Waals surface area contributed by atoms with Crippen LogP contribution in [0.3, 0.4) is 0 Å². The summed E-state index contributed by atoms with van der Waals surface area (Å²) in [6.45, 7) is 2.17. The second-order valence-corrected chi connectivity index (χ2v) is 3.37. The average Bonchev–Trinajstić information content (AvgIpc) is 2.70. The molecule has 0 aromatic carbocycles. The Hall–Kier alpha value is -1.12. The topological polar surface area (TPSA) is 51.8 Å². The molecule has 0 bridgehead atoms. The molecular formula is C8H11N3. The molecule has 1 fully saturated rings. The minimum Gasteiger partial charge on any atom is -0.384 e. The Bertz CT molecular complexity index is 278. The van der Waals surface area contributed by atoms with Crippen molar-refractivity contribution in [3.8, 4) is 0 Å². The molecule has 1 aromatic heterocycles. The minimum atomic E-state index is 0.232. The third-order valence-electron chi connectivity index (χ3n) is 2.22. The molecule has 2 N–H and O–H groups in total. The molecule has 0 spiro atoms. The number of anilines is 1. The molecule has 1 heterocycles. The monoisotopic (exact) mass is 149 g/mol. The Labute approximate surface area is 65.7 Å². The molecule has 3 nitrogen and oxygen atoms in total. The minimum absolute atomic E-state index is 0.232. The summed E-state index contributed by atoms with van der Waals surface area (Å²) >= 11 is 0. The molecule has 0 unspecified atom stereocenters. The quantitative estimate of drug-likeness (QED) is 0.650. The van der Waals surface area contributed by atoms with E-state index in [0.29, 0.717) is 5.82 Å². The molecular weight excluding hydrogens is 138 g/mol. The lowest BCUT2D eigenvalue weighted by atomic mass is 10.1. The van der Waals surface area contributed by atoms with Gasteiger partial charge in [0.2, 0.25) is 0 Å². The average molecular weight is 149 g/mol. The van der Waals surface area contributed by atoms with E-state index in [9.17, 15) is 0 Å². The van der Waals surface area contributed by atoms with Crippen molar-refractivity contribution in [2.45, 2.75) is 25.2 Å². The van der Waals surface area contributed by atoms with Gasteiger partial charge in [-0.3, -0.25) is 0 Å². The number of aromatic nitrogens is 2. The van der Waals surface area contributed by atoms with Crippen LogP contribution < -0.4 is 5.73 Å². The van der Waals surface area contributed by atoms with E-state index in [2.05, 4.69) is 16.9 Å². The number of rotatable bonds is 1. The van der Waals surface area contributed by atoms with Gasteiger partial charge in [-0.1, -0.05) is 6.92 Å². The van der Waals surface area contributed by atoms with Crippen LogP contribution in [0.15, 0.2) is 12.3 Å². The summed E-state index contributed by atoms with van der Waals surface area (Å²) in [6.07, 6.45) is 4.11. The highest BCUT2D eigenvalue weighted by atomic mass is 15.0. The highest BCUT2D eigenvalue weighted by Crippen LogP contribution is 2.45. The van der Waals surface area contributed by atoms with Crippen molar-refractivity contribution >= 4 is 5.82 Å². The third-order valence-corrected chi connectivity index (χ3v) is 2.22. The van der Waals surface area contributed by atoms with Crippen molar-refractivity contribution < 1.29 is 0 Å². The van der Waals surface area contributed by atoms with Crippen LogP contribution in [0.2, 0.25) is 0 Å². The fourth-order valence-corrected chi connectivity index (χ4v) is 1.07. The van der Waals surface area contributed by atoms with Crippen LogP contribution in [0.1, 0.15) is 25.6 Å². The normalized spacial score (nSPS) is 19.7. The van der Waals surface area contributed by atoms with Crippen LogP contribution in [0, 0.1) is 0 Å². The number of nitrogen functional groups attached to an aromatic ring is 1. The van der Waals surface area contributed by atoms with Crippen LogP contribution in [0.25, 0.3) is 0 Å². The second kappa shape index (κ2) is 1.94. The molecule has 0 atom stereocenters. The van der Waals surface area contributed by atoms with E-state index in [-0.39, 0.29) is 5.41 Å². The fraction of sp³-hybridized carbons (Fsp3) is 0.500. The summed E-state index contributed by atoms with van der Waals surface area (Å²) in [5.74, 6) is 1.47. The summed E-state index contributed by atoms with van der Waals surface area (Å²) in [5.41, 5.74) is 5.76. The van der Waals surface area contributed by atoms with E-state index in [1.54, 1.807) is 12.3 Å². The molecule has 0 aliphatic heterocycles. The Morgan fingerprint density at radius 1 is 1.55 bits per heavy atom. The van der Waals surface area contributed by atoms with Crippen molar-refractivity contribution in [2.75, 3.05) is 5.73 Å². The van der Waals surface area contributed by atoms with Crippen LogP contribution in [-0.2, 0) is 5.41 Å². The summed E-state index contributed by atoms with van der Waals surface area (Å²) in [6, 6.07) is 1.72. The van der Waals surface area contributed by atoms with E-state index >= 15 is 0 Å². The van der Waals surface area contributed by atoms with Gasteiger partial charge in [0.15, 0.2) is 0 Å². The summed E-state index contributed by atoms with van der Waals surface area (Å²) in [4.78, 5) is 8.36. The maximum Gasteiger partial charge on any atom is 0.136 e. The molecule has 1 saturated carbocycles. The maximum absolute atomic E-state index is 5.53. The van der Waals surface area contributed by atoms with Gasteiger partial charge in [0.25, 0.3) is 0 Å². The molecule has 2 rings (SSSR count). The molecule has 1 aliphatic rings. The van der Waals surface area contributed by atoms with Crippen molar-refractivity contribution in [3.05, 3.63) is 18.1 Å². The van der Waals surface area contributed by atoms with Gasteiger partial charge in [-0.15, -0.1) is 0 Å². The SMILES string of the molecule is CC1(c2nccc(N)n2)CC1. The fourth-order valence-electron chi connectivity index (χ4n) is 1.07. The first-order chi connectivity index (χ1) is 5.21. The summed E-state index contributed by atoms with van der Waals surface area (Å²) < 4.78 is 0. The Morgan fingerprint density at radius 2 is 2.27 bits per heavy atom. The first-order valence-corrected chi connectivity index (χ1v) is 3.80. The summed E-state index contributed by atoms with van der Waals surface area (Å²) in [7, 11) is 0. The van der Waals surface area contributed by atoms with E-state index < -0.39 is 0 Å². The molecule has 3 heteroatoms. The summed E-state index contributed by atoms with van der Waals surface area (Å²) in [5, 5.41) is 0. The molecule has 11 heavy (non-hydrogen) atoms. The standard InChI is InChI=1S/C8H11N3/c1-8(3-4-8)7-10-5-2-6(9)11-7/h2,5H,3-4H2,1H3,(H2,9,10,11). The largest absolute Gasteiger partial charge is 0.384 e. The first kappa shape index (κ1) is 6.58. The highest BCUT2D eigenvalue weighted by Gasteiger charge is 2.41. The third kappa shape index (κ3) is 1.06. The van der Waals surface area contributed by atoms with Crippen molar-refractivity contribution in [1.82, 2.24) is 9.97 Å². The van der Waals surface area contributed by atoms with Gasteiger partial charge in [-0.05, 0) is 18.9 Å². The van der Waals surface area contributed by atoms with Gasteiger partial charge in [0.1, 0.15) is 11.6 Å². The van der Waals surface area contributed by atoms with Gasteiger partial charge in [0.05, 0.1) is 0 Å².